The van der Waals surface area contributed by atoms with Crippen LogP contribution in [0.1, 0.15) is 16.7 Å². The first-order valence-electron chi connectivity index (χ1n) is 7.40. The fourth-order valence-corrected chi connectivity index (χ4v) is 2.45. The normalized spacial score (nSPS) is 10.5. The Labute approximate surface area is 134 Å². The first-order chi connectivity index (χ1) is 11.2. The molecule has 0 aliphatic heterocycles. The Balaban J connectivity index is 1.75. The highest BCUT2D eigenvalue weighted by Gasteiger charge is 2.06. The number of halogens is 2. The van der Waals surface area contributed by atoms with Crippen LogP contribution in [-0.2, 0) is 13.0 Å². The summed E-state index contributed by atoms with van der Waals surface area (Å²) in [5.74, 6) is 0.195. The van der Waals surface area contributed by atoms with Crippen LogP contribution in [0.4, 0.5) is 8.78 Å². The minimum absolute atomic E-state index is 0.249. The van der Waals surface area contributed by atoms with Gasteiger partial charge in [0.15, 0.2) is 0 Å². The smallest absolute Gasteiger partial charge is 0.123 e. The molecule has 116 valence electrons. The number of hydrogen-bond acceptors (Lipinski definition) is 1. The molecule has 3 heteroatoms. The van der Waals surface area contributed by atoms with Crippen LogP contribution in [0.3, 0.4) is 0 Å². The molecule has 0 unspecified atom stereocenters. The summed E-state index contributed by atoms with van der Waals surface area (Å²) in [5.41, 5.74) is 2.62. The zero-order chi connectivity index (χ0) is 16.1. The molecule has 23 heavy (non-hydrogen) atoms. The Bertz CT molecular complexity index is 799. The number of ether oxygens (including phenoxy) is 1. The maximum absolute atomic E-state index is 13.3. The van der Waals surface area contributed by atoms with Gasteiger partial charge in [0.25, 0.3) is 0 Å². The van der Waals surface area contributed by atoms with E-state index < -0.39 is 0 Å². The van der Waals surface area contributed by atoms with Crippen LogP contribution in [-0.4, -0.2) is 0 Å². The van der Waals surface area contributed by atoms with E-state index in [-0.39, 0.29) is 18.2 Å². The lowest BCUT2D eigenvalue weighted by atomic mass is 10.0. The van der Waals surface area contributed by atoms with Crippen molar-refractivity contribution in [1.82, 2.24) is 0 Å². The van der Waals surface area contributed by atoms with Crippen LogP contribution < -0.4 is 4.74 Å². The molecular weight excluding hydrogens is 294 g/mol. The molecule has 0 aliphatic carbocycles. The van der Waals surface area contributed by atoms with Gasteiger partial charge in [0.1, 0.15) is 24.0 Å². The molecule has 0 bridgehead atoms. The zero-order valence-corrected chi connectivity index (χ0v) is 12.5. The Kier molecular flexibility index (Phi) is 4.67. The third-order valence-electron chi connectivity index (χ3n) is 3.54. The van der Waals surface area contributed by atoms with Crippen molar-refractivity contribution in [3.8, 4) is 5.75 Å². The highest BCUT2D eigenvalue weighted by molar-refractivity contribution is 5.37. The second-order valence-electron chi connectivity index (χ2n) is 5.33. The first kappa shape index (κ1) is 15.2. The molecule has 0 radical (unpaired) electrons. The van der Waals surface area contributed by atoms with Gasteiger partial charge in [-0.05, 0) is 47.0 Å². The fraction of sp³-hybridized carbons (Fsp3) is 0.100. The van der Waals surface area contributed by atoms with Crippen LogP contribution in [0.15, 0.2) is 72.8 Å². The quantitative estimate of drug-likeness (QED) is 0.634. The van der Waals surface area contributed by atoms with Crippen molar-refractivity contribution in [2.45, 2.75) is 13.0 Å². The lowest BCUT2D eigenvalue weighted by molar-refractivity contribution is 0.303. The van der Waals surface area contributed by atoms with E-state index in [2.05, 4.69) is 0 Å². The van der Waals surface area contributed by atoms with Crippen molar-refractivity contribution in [1.29, 1.82) is 0 Å². The number of para-hydroxylation sites is 1. The minimum atomic E-state index is -0.279. The fourth-order valence-electron chi connectivity index (χ4n) is 2.45. The van der Waals surface area contributed by atoms with Gasteiger partial charge >= 0.3 is 0 Å². The molecule has 3 aromatic carbocycles. The van der Waals surface area contributed by atoms with Gasteiger partial charge in [0, 0.05) is 6.42 Å². The van der Waals surface area contributed by atoms with E-state index in [9.17, 15) is 8.78 Å². The third kappa shape index (κ3) is 4.16. The Morgan fingerprint density at radius 1 is 0.696 bits per heavy atom. The van der Waals surface area contributed by atoms with E-state index in [0.717, 1.165) is 22.4 Å². The average molecular weight is 310 g/mol. The van der Waals surface area contributed by atoms with Gasteiger partial charge in [-0.1, -0.05) is 42.5 Å². The van der Waals surface area contributed by atoms with Crippen molar-refractivity contribution in [2.75, 3.05) is 0 Å². The Morgan fingerprint density at radius 3 is 2.09 bits per heavy atom. The monoisotopic (exact) mass is 310 g/mol. The molecule has 0 saturated carbocycles. The maximum atomic E-state index is 13.3. The number of benzene rings is 3. The van der Waals surface area contributed by atoms with E-state index in [4.69, 9.17) is 4.74 Å². The molecule has 0 amide bonds. The molecule has 0 saturated heterocycles. The highest BCUT2D eigenvalue weighted by Crippen LogP contribution is 2.23. The van der Waals surface area contributed by atoms with Gasteiger partial charge in [-0.25, -0.2) is 8.78 Å². The zero-order valence-electron chi connectivity index (χ0n) is 12.5. The van der Waals surface area contributed by atoms with E-state index in [0.29, 0.717) is 6.42 Å². The van der Waals surface area contributed by atoms with Gasteiger partial charge in [-0.3, -0.25) is 0 Å². The maximum Gasteiger partial charge on any atom is 0.123 e. The van der Waals surface area contributed by atoms with Gasteiger partial charge < -0.3 is 4.74 Å². The molecule has 3 rings (SSSR count). The van der Waals surface area contributed by atoms with Crippen molar-refractivity contribution >= 4 is 0 Å². The van der Waals surface area contributed by atoms with Crippen LogP contribution in [0.25, 0.3) is 0 Å². The summed E-state index contributed by atoms with van der Waals surface area (Å²) >= 11 is 0. The minimum Gasteiger partial charge on any atom is -0.489 e. The first-order valence-corrected chi connectivity index (χ1v) is 7.40. The summed E-state index contributed by atoms with van der Waals surface area (Å²) in [6.07, 6.45) is 0.580. The van der Waals surface area contributed by atoms with E-state index in [1.165, 1.54) is 24.3 Å². The molecule has 0 spiro atoms. The van der Waals surface area contributed by atoms with E-state index in [1.807, 2.05) is 36.4 Å². The second kappa shape index (κ2) is 7.05. The molecule has 0 aromatic heterocycles. The van der Waals surface area contributed by atoms with Crippen LogP contribution in [0.2, 0.25) is 0 Å². The van der Waals surface area contributed by atoms with Gasteiger partial charge in [0.05, 0.1) is 0 Å². The predicted molar refractivity (Wildman–Crippen MR) is 86.4 cm³/mol. The summed E-state index contributed by atoms with van der Waals surface area (Å²) in [6.45, 7) is 0.290. The molecule has 3 aromatic rings. The van der Waals surface area contributed by atoms with Crippen molar-refractivity contribution in [3.05, 3.63) is 101 Å². The lowest BCUT2D eigenvalue weighted by Crippen LogP contribution is -2.00. The molecule has 0 atom stereocenters. The molecular formula is C20H16F2O. The van der Waals surface area contributed by atoms with Crippen molar-refractivity contribution < 1.29 is 13.5 Å². The topological polar surface area (TPSA) is 9.23 Å². The van der Waals surface area contributed by atoms with Crippen LogP contribution in [0.5, 0.6) is 5.75 Å². The van der Waals surface area contributed by atoms with Crippen molar-refractivity contribution in [2.24, 2.45) is 0 Å². The largest absolute Gasteiger partial charge is 0.489 e. The highest BCUT2D eigenvalue weighted by atomic mass is 19.1. The summed E-state index contributed by atoms with van der Waals surface area (Å²) in [7, 11) is 0. The van der Waals surface area contributed by atoms with Crippen LogP contribution in [0, 0.1) is 11.6 Å². The average Bonchev–Trinajstić information content (AvgIpc) is 2.54. The summed E-state index contributed by atoms with van der Waals surface area (Å²) in [5, 5.41) is 0. The molecule has 0 aliphatic rings. The number of rotatable bonds is 5. The van der Waals surface area contributed by atoms with E-state index >= 15 is 0 Å². The van der Waals surface area contributed by atoms with Gasteiger partial charge in [-0.15, -0.1) is 0 Å². The second-order valence-corrected chi connectivity index (χ2v) is 5.33. The van der Waals surface area contributed by atoms with E-state index in [1.54, 1.807) is 12.1 Å². The third-order valence-corrected chi connectivity index (χ3v) is 3.54. The SMILES string of the molecule is Fc1cccc(COc2ccccc2Cc2cccc(F)c2)c1. The summed E-state index contributed by atoms with van der Waals surface area (Å²) in [4.78, 5) is 0. The van der Waals surface area contributed by atoms with Gasteiger partial charge in [-0.2, -0.15) is 0 Å². The standard InChI is InChI=1S/C20H16F2O/c21-18-8-3-5-15(12-18)11-17-7-1-2-10-20(17)23-14-16-6-4-9-19(22)13-16/h1-10,12-13H,11,14H2. The molecule has 0 fully saturated rings. The molecule has 1 nitrogen and oxygen atoms in total. The Morgan fingerprint density at radius 2 is 1.35 bits per heavy atom. The van der Waals surface area contributed by atoms with Crippen molar-refractivity contribution in [3.63, 3.8) is 0 Å². The molecule has 0 N–H and O–H groups in total. The number of hydrogen-bond donors (Lipinski definition) is 0. The van der Waals surface area contributed by atoms with Crippen LogP contribution >= 0.6 is 0 Å². The summed E-state index contributed by atoms with van der Waals surface area (Å²) in [6, 6.07) is 20.5. The lowest BCUT2D eigenvalue weighted by Gasteiger charge is -2.12. The Hall–Kier alpha value is -2.68. The molecule has 0 heterocycles. The van der Waals surface area contributed by atoms with Gasteiger partial charge in [0.2, 0.25) is 0 Å². The predicted octanol–water partition coefficient (Wildman–Crippen LogP) is 5.13. The summed E-state index contributed by atoms with van der Waals surface area (Å²) < 4.78 is 32.3.